The molecule has 0 spiro atoms. The second-order valence-electron chi connectivity index (χ2n) is 10.3. The van der Waals surface area contributed by atoms with Crippen molar-refractivity contribution in [3.63, 3.8) is 0 Å². The lowest BCUT2D eigenvalue weighted by Gasteiger charge is -2.39. The van der Waals surface area contributed by atoms with E-state index in [1.54, 1.807) is 11.8 Å². The summed E-state index contributed by atoms with van der Waals surface area (Å²) in [5.41, 5.74) is 4.90. The zero-order valence-electron chi connectivity index (χ0n) is 22.5. The van der Waals surface area contributed by atoms with Crippen molar-refractivity contribution in [2.75, 3.05) is 76.1 Å². The van der Waals surface area contributed by atoms with Crippen molar-refractivity contribution in [2.24, 2.45) is 0 Å². The average molecular weight is 627 g/mol. The largest absolute Gasteiger partial charge is 0.369 e. The number of halogens is 3. The lowest BCUT2D eigenvalue weighted by molar-refractivity contribution is 0.0622. The van der Waals surface area contributed by atoms with Gasteiger partial charge in [0.2, 0.25) is 0 Å². The fourth-order valence-electron chi connectivity index (χ4n) is 5.83. The van der Waals surface area contributed by atoms with Crippen LogP contribution in [0.5, 0.6) is 0 Å². The lowest BCUT2D eigenvalue weighted by Crippen LogP contribution is -2.52. The molecule has 40 heavy (non-hydrogen) atoms. The molecule has 0 saturated carbocycles. The van der Waals surface area contributed by atoms with Gasteiger partial charge in [0.15, 0.2) is 0 Å². The number of carbonyl (C=O) groups excluding carboxylic acids is 1. The van der Waals surface area contributed by atoms with Crippen LogP contribution in [0.1, 0.15) is 21.5 Å². The van der Waals surface area contributed by atoms with E-state index in [1.165, 1.54) is 5.69 Å². The monoisotopic (exact) mass is 625 g/mol. The molecule has 0 aliphatic carbocycles. The van der Waals surface area contributed by atoms with Crippen molar-refractivity contribution in [1.29, 1.82) is 0 Å². The van der Waals surface area contributed by atoms with E-state index >= 15 is 0 Å². The maximum absolute atomic E-state index is 13.4. The molecule has 0 radical (unpaired) electrons. The number of hydrogen-bond acceptors (Lipinski definition) is 6. The highest BCUT2D eigenvalue weighted by Gasteiger charge is 2.24. The average Bonchev–Trinajstić information content (AvgIpc) is 2.97. The van der Waals surface area contributed by atoms with Gasteiger partial charge in [0, 0.05) is 98.9 Å². The lowest BCUT2D eigenvalue weighted by atomic mass is 9.99. The van der Waals surface area contributed by atoms with Gasteiger partial charge in [-0.15, -0.1) is 37.2 Å². The first-order valence-corrected chi connectivity index (χ1v) is 14.6. The van der Waals surface area contributed by atoms with Gasteiger partial charge in [0.25, 0.3) is 11.5 Å². The molecule has 3 aliphatic rings. The molecule has 0 atom stereocenters. The predicted octanol–water partition coefficient (Wildman–Crippen LogP) is 4.16. The third-order valence-corrected chi connectivity index (χ3v) is 9.09. The van der Waals surface area contributed by atoms with Gasteiger partial charge in [0.1, 0.15) is 0 Å². The van der Waals surface area contributed by atoms with Gasteiger partial charge in [0.05, 0.1) is 0 Å². The molecule has 11 heteroatoms. The molecule has 0 bridgehead atoms. The zero-order valence-corrected chi connectivity index (χ0v) is 25.8. The molecular weight excluding hydrogens is 589 g/mol. The van der Waals surface area contributed by atoms with Crippen molar-refractivity contribution in [2.45, 2.75) is 12.2 Å². The third-order valence-electron chi connectivity index (χ3n) is 8.11. The second kappa shape index (κ2) is 14.8. The first-order chi connectivity index (χ1) is 18.2. The Kier molecular flexibility index (Phi) is 12.1. The summed E-state index contributed by atoms with van der Waals surface area (Å²) < 4.78 is 0. The van der Waals surface area contributed by atoms with Gasteiger partial charge in [-0.25, -0.2) is 0 Å². The summed E-state index contributed by atoms with van der Waals surface area (Å²) in [6.07, 6.45) is 0.887. The molecule has 3 aliphatic heterocycles. The first kappa shape index (κ1) is 32.6. The maximum atomic E-state index is 13.4. The van der Waals surface area contributed by atoms with Crippen LogP contribution in [0.3, 0.4) is 0 Å². The number of nitrogens with one attached hydrogen (secondary N) is 1. The Morgan fingerprint density at radius 2 is 1.45 bits per heavy atom. The van der Waals surface area contributed by atoms with Crippen LogP contribution in [-0.4, -0.2) is 96.8 Å². The quantitative estimate of drug-likeness (QED) is 0.459. The topological polar surface area (TPSA) is 62.9 Å². The minimum atomic E-state index is 0. The second-order valence-corrected chi connectivity index (χ2v) is 11.4. The van der Waals surface area contributed by atoms with E-state index in [1.807, 2.05) is 23.1 Å². The Morgan fingerprint density at radius 3 is 2.12 bits per heavy atom. The molecule has 7 nitrogen and oxygen atoms in total. The summed E-state index contributed by atoms with van der Waals surface area (Å²) in [6.45, 7) is 9.86. The summed E-state index contributed by atoms with van der Waals surface area (Å²) in [5, 5.41) is 1.03. The minimum absolute atomic E-state index is 0. The first-order valence-electron chi connectivity index (χ1n) is 13.5. The molecule has 4 heterocycles. The number of benzene rings is 2. The summed E-state index contributed by atoms with van der Waals surface area (Å²) in [7, 11) is 0. The number of aromatic nitrogens is 1. The van der Waals surface area contributed by atoms with Gasteiger partial charge < -0.3 is 14.8 Å². The SMILES string of the molecule is Cl.Cl.Cl.O=C(c1ccc2[nH]c(=O)c3c(c2c1)CCSC3)N1CCN(CCN2CCN(c3ccccc3)CC2)CC1. The van der Waals surface area contributed by atoms with E-state index < -0.39 is 0 Å². The molecule has 1 N–H and O–H groups in total. The van der Waals surface area contributed by atoms with E-state index in [2.05, 4.69) is 50.0 Å². The van der Waals surface area contributed by atoms with Crippen molar-refractivity contribution in [3.05, 3.63) is 75.6 Å². The van der Waals surface area contributed by atoms with Crippen LogP contribution in [0.25, 0.3) is 10.9 Å². The van der Waals surface area contributed by atoms with Gasteiger partial charge >= 0.3 is 0 Å². The van der Waals surface area contributed by atoms with E-state index in [4.69, 9.17) is 0 Å². The minimum Gasteiger partial charge on any atom is -0.369 e. The standard InChI is InChI=1S/C29H35N5O2S.3ClH/c35-28-26-21-37-19-8-24(26)25-20-22(6-7-27(25)30-28)29(36)34-17-13-32(14-18-34)10-9-31-11-15-33(16-12-31)23-4-2-1-3-5-23;;;/h1-7,20H,8-19,21H2,(H,30,35);3*1H. The number of pyridine rings is 1. The van der Waals surface area contributed by atoms with Crippen LogP contribution < -0.4 is 10.5 Å². The van der Waals surface area contributed by atoms with Crippen LogP contribution in [0.15, 0.2) is 53.3 Å². The highest BCUT2D eigenvalue weighted by atomic mass is 35.5. The third kappa shape index (κ3) is 7.09. The van der Waals surface area contributed by atoms with Crippen molar-refractivity contribution in [3.8, 4) is 0 Å². The molecule has 2 aromatic carbocycles. The molecule has 1 amide bonds. The molecule has 6 rings (SSSR count). The Morgan fingerprint density at radius 1 is 0.800 bits per heavy atom. The number of para-hydroxylation sites is 1. The van der Waals surface area contributed by atoms with Crippen LogP contribution in [0, 0.1) is 0 Å². The molecule has 1 aromatic heterocycles. The summed E-state index contributed by atoms with van der Waals surface area (Å²) in [6, 6.07) is 16.5. The van der Waals surface area contributed by atoms with Crippen LogP contribution >= 0.6 is 49.0 Å². The fourth-order valence-corrected chi connectivity index (χ4v) is 6.83. The number of thioether (sulfide) groups is 1. The van der Waals surface area contributed by atoms with Crippen molar-refractivity contribution >= 4 is 71.5 Å². The summed E-state index contributed by atoms with van der Waals surface area (Å²) in [4.78, 5) is 38.3. The number of H-pyrrole nitrogens is 1. The number of aryl methyl sites for hydroxylation is 1. The highest BCUT2D eigenvalue weighted by Crippen LogP contribution is 2.28. The van der Waals surface area contributed by atoms with Gasteiger partial charge in [-0.1, -0.05) is 18.2 Å². The van der Waals surface area contributed by atoms with Gasteiger partial charge in [-0.3, -0.25) is 19.4 Å². The maximum Gasteiger partial charge on any atom is 0.253 e. The van der Waals surface area contributed by atoms with Crippen LogP contribution in [0.4, 0.5) is 5.69 Å². The van der Waals surface area contributed by atoms with Crippen LogP contribution in [0.2, 0.25) is 0 Å². The van der Waals surface area contributed by atoms with Gasteiger partial charge in [-0.2, -0.15) is 11.8 Å². The molecular formula is C29H38Cl3N5O2S. The molecule has 2 saturated heterocycles. The fraction of sp³-hybridized carbons (Fsp3) is 0.448. The zero-order chi connectivity index (χ0) is 25.2. The molecule has 0 unspecified atom stereocenters. The van der Waals surface area contributed by atoms with E-state index in [0.717, 1.165) is 111 Å². The number of amides is 1. The van der Waals surface area contributed by atoms with Crippen LogP contribution in [-0.2, 0) is 12.2 Å². The molecule has 3 aromatic rings. The Labute approximate surface area is 258 Å². The number of aromatic amines is 1. The smallest absolute Gasteiger partial charge is 0.253 e. The molecule has 218 valence electrons. The number of fused-ring (bicyclic) bond motifs is 3. The number of nitrogens with zero attached hydrogens (tertiary/aromatic N) is 4. The van der Waals surface area contributed by atoms with Gasteiger partial charge in [-0.05, 0) is 48.1 Å². The Bertz CT molecular complexity index is 1330. The highest BCUT2D eigenvalue weighted by molar-refractivity contribution is 7.98. The normalized spacial score (nSPS) is 17.8. The number of hydrogen-bond donors (Lipinski definition) is 1. The van der Waals surface area contributed by atoms with E-state index in [-0.39, 0.29) is 48.7 Å². The Balaban J connectivity index is 0.00000147. The van der Waals surface area contributed by atoms with E-state index in [9.17, 15) is 9.59 Å². The summed E-state index contributed by atoms with van der Waals surface area (Å²) >= 11 is 1.80. The predicted molar refractivity (Wildman–Crippen MR) is 174 cm³/mol. The number of rotatable bonds is 5. The number of anilines is 1. The van der Waals surface area contributed by atoms with E-state index in [0.29, 0.717) is 0 Å². The summed E-state index contributed by atoms with van der Waals surface area (Å²) in [5.74, 6) is 1.88. The molecule has 2 fully saturated rings. The number of carbonyl (C=O) groups is 1. The van der Waals surface area contributed by atoms with Crippen molar-refractivity contribution < 1.29 is 4.79 Å². The Hall–Kier alpha value is -1.94. The number of piperazine rings is 2. The van der Waals surface area contributed by atoms with Crippen molar-refractivity contribution in [1.82, 2.24) is 19.7 Å².